The maximum absolute atomic E-state index is 11.5. The second kappa shape index (κ2) is 9.17. The summed E-state index contributed by atoms with van der Waals surface area (Å²) in [5.74, 6) is -2.62. The summed E-state index contributed by atoms with van der Waals surface area (Å²) in [5, 5.41) is 16.0. The van der Waals surface area contributed by atoms with Gasteiger partial charge in [-0.2, -0.15) is 18.3 Å². The van der Waals surface area contributed by atoms with Gasteiger partial charge in [-0.3, -0.25) is 4.79 Å². The topological polar surface area (TPSA) is 110 Å². The summed E-state index contributed by atoms with van der Waals surface area (Å²) < 4.78 is 33.5. The molecule has 1 atom stereocenters. The van der Waals surface area contributed by atoms with Crippen molar-refractivity contribution in [3.8, 4) is 5.69 Å². The molecule has 0 bridgehead atoms. The zero-order chi connectivity index (χ0) is 22.6. The molecule has 0 saturated carbocycles. The number of fused-ring (bicyclic) bond motifs is 1. The molecule has 1 fully saturated rings. The number of nitrogens with one attached hydrogen (secondary N) is 1. The average molecular weight is 434 g/mol. The number of benzene rings is 2. The summed E-state index contributed by atoms with van der Waals surface area (Å²) in [6, 6.07) is 14.0. The van der Waals surface area contributed by atoms with Crippen molar-refractivity contribution in [3.63, 3.8) is 0 Å². The fourth-order valence-corrected chi connectivity index (χ4v) is 3.41. The van der Waals surface area contributed by atoms with Crippen LogP contribution in [0.3, 0.4) is 0 Å². The van der Waals surface area contributed by atoms with E-state index in [2.05, 4.69) is 34.7 Å². The number of aliphatic carboxylic acids is 1. The molecule has 7 nitrogen and oxygen atoms in total. The zero-order valence-electron chi connectivity index (χ0n) is 16.4. The van der Waals surface area contributed by atoms with Crippen molar-refractivity contribution in [1.29, 1.82) is 0 Å². The monoisotopic (exact) mass is 434 g/mol. The second-order valence-corrected chi connectivity index (χ2v) is 7.12. The van der Waals surface area contributed by atoms with Crippen molar-refractivity contribution >= 4 is 22.8 Å². The Balaban J connectivity index is 0.000000339. The van der Waals surface area contributed by atoms with E-state index in [9.17, 15) is 18.0 Å². The average Bonchev–Trinajstić information content (AvgIpc) is 3.18. The fourth-order valence-electron chi connectivity index (χ4n) is 3.41. The van der Waals surface area contributed by atoms with E-state index in [4.69, 9.17) is 15.6 Å². The number of carboxylic acid groups (broad SMARTS) is 1. The summed E-state index contributed by atoms with van der Waals surface area (Å²) in [6.07, 6.45) is -0.689. The van der Waals surface area contributed by atoms with E-state index in [1.54, 1.807) is 10.7 Å². The van der Waals surface area contributed by atoms with E-state index in [-0.39, 0.29) is 0 Å². The molecule has 3 aromatic rings. The van der Waals surface area contributed by atoms with Gasteiger partial charge in [-0.1, -0.05) is 24.3 Å². The summed E-state index contributed by atoms with van der Waals surface area (Å²) in [6.45, 7) is 2.17. The number of hydrogen-bond acceptors (Lipinski definition) is 4. The summed E-state index contributed by atoms with van der Waals surface area (Å²) in [7, 11) is 0. The van der Waals surface area contributed by atoms with Crippen LogP contribution in [-0.2, 0) is 4.79 Å². The van der Waals surface area contributed by atoms with E-state index >= 15 is 0 Å². The molecule has 2 aromatic carbocycles. The number of halogens is 3. The molecule has 31 heavy (non-hydrogen) atoms. The van der Waals surface area contributed by atoms with E-state index in [0.717, 1.165) is 24.2 Å². The van der Waals surface area contributed by atoms with Crippen LogP contribution in [0.4, 0.5) is 13.2 Å². The number of alkyl halides is 3. The van der Waals surface area contributed by atoms with Crippen molar-refractivity contribution in [2.45, 2.75) is 24.9 Å². The lowest BCUT2D eigenvalue weighted by Gasteiger charge is -2.23. The number of rotatable bonds is 3. The molecule has 1 amide bonds. The van der Waals surface area contributed by atoms with Crippen LogP contribution >= 0.6 is 0 Å². The SMILES string of the molecule is NC(=O)c1cccc2cn(-c3ccc([C@@H]4CCCNC4)cc3)nc12.O=C(O)C(F)(F)F. The van der Waals surface area contributed by atoms with Gasteiger partial charge in [0, 0.05) is 18.1 Å². The van der Waals surface area contributed by atoms with Crippen LogP contribution in [0.1, 0.15) is 34.7 Å². The van der Waals surface area contributed by atoms with Crippen molar-refractivity contribution in [1.82, 2.24) is 15.1 Å². The van der Waals surface area contributed by atoms with E-state index in [1.165, 1.54) is 18.4 Å². The molecule has 1 aliphatic rings. The van der Waals surface area contributed by atoms with Gasteiger partial charge in [0.1, 0.15) is 5.52 Å². The molecule has 0 radical (unpaired) electrons. The molecule has 4 N–H and O–H groups in total. The molecule has 164 valence electrons. The lowest BCUT2D eigenvalue weighted by atomic mass is 9.92. The van der Waals surface area contributed by atoms with Crippen molar-refractivity contribution in [2.24, 2.45) is 5.73 Å². The number of nitrogens with zero attached hydrogens (tertiary/aromatic N) is 2. The molecular formula is C21H21F3N4O3. The van der Waals surface area contributed by atoms with E-state index < -0.39 is 18.1 Å². The third-order valence-electron chi connectivity index (χ3n) is 4.97. The van der Waals surface area contributed by atoms with Crippen LogP contribution in [0.25, 0.3) is 16.6 Å². The molecule has 1 aliphatic heterocycles. The van der Waals surface area contributed by atoms with Gasteiger partial charge < -0.3 is 16.2 Å². The minimum Gasteiger partial charge on any atom is -0.475 e. The van der Waals surface area contributed by atoms with Gasteiger partial charge in [0.05, 0.1) is 11.3 Å². The van der Waals surface area contributed by atoms with Gasteiger partial charge in [0.25, 0.3) is 5.91 Å². The standard InChI is InChI=1S/C19H20N4O.C2HF3O2/c20-19(24)17-5-1-3-15-12-23(22-18(15)17)16-8-6-13(7-9-16)14-4-2-10-21-11-14;3-2(4,5)1(6)7/h1,3,5-9,12,14,21H,2,4,10-11H2,(H2,20,24);(H,6,7)/t14-;/m1./s1. The normalized spacial score (nSPS) is 16.4. The third-order valence-corrected chi connectivity index (χ3v) is 4.97. The number of primary amides is 1. The maximum atomic E-state index is 11.5. The Hall–Kier alpha value is -3.40. The van der Waals surface area contributed by atoms with Crippen molar-refractivity contribution < 1.29 is 27.9 Å². The predicted octanol–water partition coefficient (Wildman–Crippen LogP) is 3.22. The molecule has 0 unspecified atom stereocenters. The van der Waals surface area contributed by atoms with Crippen LogP contribution < -0.4 is 11.1 Å². The Morgan fingerprint density at radius 1 is 1.16 bits per heavy atom. The van der Waals surface area contributed by atoms with Gasteiger partial charge in [0.2, 0.25) is 0 Å². The highest BCUT2D eigenvalue weighted by molar-refractivity contribution is 6.04. The number of piperidine rings is 1. The first-order valence-electron chi connectivity index (χ1n) is 9.56. The van der Waals surface area contributed by atoms with Crippen LogP contribution in [0, 0.1) is 0 Å². The molecule has 2 heterocycles. The Morgan fingerprint density at radius 2 is 1.84 bits per heavy atom. The summed E-state index contributed by atoms with van der Waals surface area (Å²) >= 11 is 0. The van der Waals surface area contributed by atoms with Gasteiger partial charge in [-0.25, -0.2) is 9.48 Å². The van der Waals surface area contributed by atoms with Crippen LogP contribution in [0.5, 0.6) is 0 Å². The number of carbonyl (C=O) groups excluding carboxylic acids is 1. The Bertz CT molecular complexity index is 1070. The summed E-state index contributed by atoms with van der Waals surface area (Å²) in [5.41, 5.74) is 8.88. The summed E-state index contributed by atoms with van der Waals surface area (Å²) in [4.78, 5) is 20.4. The number of amides is 1. The molecule has 0 spiro atoms. The minimum atomic E-state index is -5.08. The fraction of sp³-hybridized carbons (Fsp3) is 0.286. The maximum Gasteiger partial charge on any atom is 0.490 e. The van der Waals surface area contributed by atoms with Crippen LogP contribution in [-0.4, -0.2) is 46.0 Å². The number of hydrogen-bond donors (Lipinski definition) is 3. The molecule has 4 rings (SSSR count). The van der Waals surface area contributed by atoms with Gasteiger partial charge >= 0.3 is 12.1 Å². The van der Waals surface area contributed by atoms with E-state index in [0.29, 0.717) is 17.0 Å². The largest absolute Gasteiger partial charge is 0.490 e. The van der Waals surface area contributed by atoms with Crippen molar-refractivity contribution in [3.05, 3.63) is 59.8 Å². The molecule has 1 saturated heterocycles. The lowest BCUT2D eigenvalue weighted by Crippen LogP contribution is -2.28. The first-order chi connectivity index (χ1) is 14.7. The molecular weight excluding hydrogens is 413 g/mol. The Morgan fingerprint density at radius 3 is 2.39 bits per heavy atom. The number of carboxylic acids is 1. The molecule has 0 aliphatic carbocycles. The van der Waals surface area contributed by atoms with Gasteiger partial charge in [-0.05, 0) is 49.1 Å². The number of nitrogens with two attached hydrogens (primary N) is 1. The zero-order valence-corrected chi connectivity index (χ0v) is 16.4. The smallest absolute Gasteiger partial charge is 0.475 e. The van der Waals surface area contributed by atoms with E-state index in [1.807, 2.05) is 18.3 Å². The number of aromatic nitrogens is 2. The Labute approximate surface area is 175 Å². The van der Waals surface area contributed by atoms with Crippen molar-refractivity contribution in [2.75, 3.05) is 13.1 Å². The lowest BCUT2D eigenvalue weighted by molar-refractivity contribution is -0.192. The highest BCUT2D eigenvalue weighted by Gasteiger charge is 2.38. The third kappa shape index (κ3) is 5.40. The second-order valence-electron chi connectivity index (χ2n) is 7.12. The molecule has 10 heteroatoms. The number of carbonyl (C=O) groups is 2. The first-order valence-corrected chi connectivity index (χ1v) is 9.56. The van der Waals surface area contributed by atoms with Gasteiger partial charge in [-0.15, -0.1) is 0 Å². The first kappa shape index (κ1) is 22.3. The van der Waals surface area contributed by atoms with Crippen LogP contribution in [0.15, 0.2) is 48.7 Å². The molecule has 1 aromatic heterocycles. The van der Waals surface area contributed by atoms with Gasteiger partial charge in [0.15, 0.2) is 0 Å². The Kier molecular flexibility index (Phi) is 6.59. The quantitative estimate of drug-likeness (QED) is 0.586. The predicted molar refractivity (Wildman–Crippen MR) is 108 cm³/mol. The minimum absolute atomic E-state index is 0.453. The highest BCUT2D eigenvalue weighted by Crippen LogP contribution is 2.25. The van der Waals surface area contributed by atoms with Crippen LogP contribution in [0.2, 0.25) is 0 Å². The highest BCUT2D eigenvalue weighted by atomic mass is 19.4.